The molecule has 1 aliphatic heterocycles. The lowest BCUT2D eigenvalue weighted by Crippen LogP contribution is -2.37. The zero-order valence-electron chi connectivity index (χ0n) is 12.4. The molecule has 1 amide bonds. The molecule has 3 N–H and O–H groups in total. The number of carbonyl (C=O) groups is 1. The van der Waals surface area contributed by atoms with Gasteiger partial charge in [-0.25, -0.2) is 4.98 Å². The zero-order chi connectivity index (χ0) is 14.6. The molecule has 5 heteroatoms. The van der Waals surface area contributed by atoms with Crippen LogP contribution in [0.3, 0.4) is 0 Å². The van der Waals surface area contributed by atoms with Gasteiger partial charge in [-0.3, -0.25) is 4.79 Å². The van der Waals surface area contributed by atoms with Gasteiger partial charge >= 0.3 is 0 Å². The van der Waals surface area contributed by atoms with E-state index in [-0.39, 0.29) is 5.91 Å². The fourth-order valence-corrected chi connectivity index (χ4v) is 2.60. The van der Waals surface area contributed by atoms with Crippen molar-refractivity contribution in [2.45, 2.75) is 33.2 Å². The van der Waals surface area contributed by atoms with E-state index >= 15 is 0 Å². The zero-order valence-corrected chi connectivity index (χ0v) is 12.4. The molecular weight excluding hydrogens is 252 g/mol. The first-order valence-electron chi connectivity index (χ1n) is 7.26. The lowest BCUT2D eigenvalue weighted by Gasteiger charge is -2.23. The molecular formula is C15H24N4O. The Bertz CT molecular complexity index is 477. The van der Waals surface area contributed by atoms with E-state index in [4.69, 9.17) is 5.73 Å². The maximum atomic E-state index is 11.6. The third kappa shape index (κ3) is 3.10. The SMILES string of the molecule is CCCNCc1cccnc1N1CCC(C)(C(N)=O)C1. The summed E-state index contributed by atoms with van der Waals surface area (Å²) in [4.78, 5) is 18.2. The van der Waals surface area contributed by atoms with Crippen molar-refractivity contribution in [1.82, 2.24) is 10.3 Å². The summed E-state index contributed by atoms with van der Waals surface area (Å²) in [6, 6.07) is 4.04. The van der Waals surface area contributed by atoms with Gasteiger partial charge in [0.2, 0.25) is 5.91 Å². The summed E-state index contributed by atoms with van der Waals surface area (Å²) in [7, 11) is 0. The second-order valence-corrected chi connectivity index (χ2v) is 5.76. The summed E-state index contributed by atoms with van der Waals surface area (Å²) in [5.74, 6) is 0.752. The van der Waals surface area contributed by atoms with E-state index in [0.29, 0.717) is 6.54 Å². The molecule has 0 aromatic carbocycles. The summed E-state index contributed by atoms with van der Waals surface area (Å²) < 4.78 is 0. The molecule has 0 radical (unpaired) electrons. The highest BCUT2D eigenvalue weighted by Crippen LogP contribution is 2.33. The van der Waals surface area contributed by atoms with Crippen LogP contribution in [-0.2, 0) is 11.3 Å². The molecule has 1 fully saturated rings. The number of aromatic nitrogens is 1. The first-order chi connectivity index (χ1) is 9.57. The highest BCUT2D eigenvalue weighted by atomic mass is 16.1. The van der Waals surface area contributed by atoms with Gasteiger partial charge in [0, 0.05) is 31.4 Å². The Kier molecular flexibility index (Phi) is 4.60. The summed E-state index contributed by atoms with van der Waals surface area (Å²) in [6.45, 7) is 7.37. The van der Waals surface area contributed by atoms with E-state index in [9.17, 15) is 4.79 Å². The van der Waals surface area contributed by atoms with Crippen molar-refractivity contribution < 1.29 is 4.79 Å². The molecule has 20 heavy (non-hydrogen) atoms. The average molecular weight is 276 g/mol. The highest BCUT2D eigenvalue weighted by Gasteiger charge is 2.39. The molecule has 0 bridgehead atoms. The van der Waals surface area contributed by atoms with E-state index in [2.05, 4.69) is 28.2 Å². The first kappa shape index (κ1) is 14.8. The third-order valence-corrected chi connectivity index (χ3v) is 3.98. The van der Waals surface area contributed by atoms with E-state index < -0.39 is 5.41 Å². The van der Waals surface area contributed by atoms with Crippen molar-refractivity contribution in [3.8, 4) is 0 Å². The highest BCUT2D eigenvalue weighted by molar-refractivity contribution is 5.82. The number of hydrogen-bond acceptors (Lipinski definition) is 4. The van der Waals surface area contributed by atoms with Gasteiger partial charge in [-0.2, -0.15) is 0 Å². The predicted molar refractivity (Wildman–Crippen MR) is 80.4 cm³/mol. The lowest BCUT2D eigenvalue weighted by molar-refractivity contribution is -0.125. The number of anilines is 1. The maximum Gasteiger partial charge on any atom is 0.225 e. The second kappa shape index (κ2) is 6.22. The molecule has 0 spiro atoms. The van der Waals surface area contributed by atoms with Gasteiger partial charge in [0.25, 0.3) is 0 Å². The Balaban J connectivity index is 2.11. The number of amides is 1. The standard InChI is InChI=1S/C15H24N4O/c1-3-7-17-10-12-5-4-8-18-13(12)19-9-6-15(2,11-19)14(16)20/h4-5,8,17H,3,6-7,9-11H2,1-2H3,(H2,16,20). The molecule has 1 aromatic heterocycles. The molecule has 1 aromatic rings. The Morgan fingerprint density at radius 3 is 3.05 bits per heavy atom. The minimum Gasteiger partial charge on any atom is -0.369 e. The van der Waals surface area contributed by atoms with Gasteiger partial charge in [0.15, 0.2) is 0 Å². The van der Waals surface area contributed by atoms with Crippen LogP contribution in [0.5, 0.6) is 0 Å². The monoisotopic (exact) mass is 276 g/mol. The van der Waals surface area contributed by atoms with E-state index in [1.807, 2.05) is 13.0 Å². The normalized spacial score (nSPS) is 22.2. The largest absolute Gasteiger partial charge is 0.369 e. The van der Waals surface area contributed by atoms with Gasteiger partial charge in [-0.05, 0) is 32.4 Å². The summed E-state index contributed by atoms with van der Waals surface area (Å²) >= 11 is 0. The third-order valence-electron chi connectivity index (χ3n) is 3.98. The van der Waals surface area contributed by atoms with Gasteiger partial charge in [0.05, 0.1) is 5.41 Å². The van der Waals surface area contributed by atoms with Crippen molar-refractivity contribution >= 4 is 11.7 Å². The Hall–Kier alpha value is -1.62. The van der Waals surface area contributed by atoms with Crippen LogP contribution >= 0.6 is 0 Å². The molecule has 110 valence electrons. The molecule has 1 aliphatic rings. The predicted octanol–water partition coefficient (Wildman–Crippen LogP) is 1.28. The van der Waals surface area contributed by atoms with Gasteiger partial charge < -0.3 is 16.0 Å². The molecule has 1 unspecified atom stereocenters. The average Bonchev–Trinajstić information content (AvgIpc) is 2.84. The quantitative estimate of drug-likeness (QED) is 0.768. The number of nitrogens with one attached hydrogen (secondary N) is 1. The molecule has 1 atom stereocenters. The van der Waals surface area contributed by atoms with Crippen LogP contribution in [0.4, 0.5) is 5.82 Å². The molecule has 2 rings (SSSR count). The number of hydrogen-bond donors (Lipinski definition) is 2. The van der Waals surface area contributed by atoms with Gasteiger partial charge in [0.1, 0.15) is 5.82 Å². The number of nitrogens with zero attached hydrogens (tertiary/aromatic N) is 2. The topological polar surface area (TPSA) is 71.2 Å². The molecule has 2 heterocycles. The maximum absolute atomic E-state index is 11.6. The smallest absolute Gasteiger partial charge is 0.225 e. The number of nitrogens with two attached hydrogens (primary N) is 1. The van der Waals surface area contributed by atoms with E-state index in [0.717, 1.165) is 38.3 Å². The van der Waals surface area contributed by atoms with Crippen LogP contribution in [0.25, 0.3) is 0 Å². The van der Waals surface area contributed by atoms with Crippen molar-refractivity contribution in [3.05, 3.63) is 23.9 Å². The Labute approximate surface area is 120 Å². The summed E-state index contributed by atoms with van der Waals surface area (Å²) in [5, 5.41) is 3.40. The minimum absolute atomic E-state index is 0.221. The van der Waals surface area contributed by atoms with Crippen molar-refractivity contribution in [3.63, 3.8) is 0 Å². The lowest BCUT2D eigenvalue weighted by atomic mass is 9.89. The molecule has 0 aliphatic carbocycles. The van der Waals surface area contributed by atoms with E-state index in [1.165, 1.54) is 5.56 Å². The minimum atomic E-state index is -0.439. The summed E-state index contributed by atoms with van der Waals surface area (Å²) in [5.41, 5.74) is 6.25. The fraction of sp³-hybridized carbons (Fsp3) is 0.600. The van der Waals surface area contributed by atoms with Crippen molar-refractivity contribution in [1.29, 1.82) is 0 Å². The van der Waals surface area contributed by atoms with Crippen LogP contribution in [0.15, 0.2) is 18.3 Å². The molecule has 1 saturated heterocycles. The van der Waals surface area contributed by atoms with Crippen LogP contribution in [-0.4, -0.2) is 30.5 Å². The molecule has 5 nitrogen and oxygen atoms in total. The Morgan fingerprint density at radius 2 is 2.40 bits per heavy atom. The Morgan fingerprint density at radius 1 is 1.60 bits per heavy atom. The van der Waals surface area contributed by atoms with Crippen molar-refractivity contribution in [2.24, 2.45) is 11.1 Å². The fourth-order valence-electron chi connectivity index (χ4n) is 2.60. The number of carbonyl (C=O) groups excluding carboxylic acids is 1. The number of pyridine rings is 1. The van der Waals surface area contributed by atoms with Crippen LogP contribution in [0.2, 0.25) is 0 Å². The van der Waals surface area contributed by atoms with E-state index in [1.54, 1.807) is 6.20 Å². The van der Waals surface area contributed by atoms with Gasteiger partial charge in [-0.1, -0.05) is 13.0 Å². The number of primary amides is 1. The number of rotatable bonds is 6. The van der Waals surface area contributed by atoms with Crippen molar-refractivity contribution in [2.75, 3.05) is 24.5 Å². The molecule has 0 saturated carbocycles. The first-order valence-corrected chi connectivity index (χ1v) is 7.26. The van der Waals surface area contributed by atoms with Crippen LogP contribution in [0, 0.1) is 5.41 Å². The van der Waals surface area contributed by atoms with Crippen LogP contribution < -0.4 is 16.0 Å². The second-order valence-electron chi connectivity index (χ2n) is 5.76. The van der Waals surface area contributed by atoms with Gasteiger partial charge in [-0.15, -0.1) is 0 Å². The van der Waals surface area contributed by atoms with Crippen LogP contribution in [0.1, 0.15) is 32.3 Å². The summed E-state index contributed by atoms with van der Waals surface area (Å²) in [6.07, 6.45) is 3.71.